The Labute approximate surface area is 216 Å². The maximum absolute atomic E-state index is 12.6. The minimum absolute atomic E-state index is 0.00515. The van der Waals surface area contributed by atoms with E-state index in [1.165, 1.54) is 6.26 Å². The first kappa shape index (κ1) is 29.4. The summed E-state index contributed by atoms with van der Waals surface area (Å²) in [5.41, 5.74) is 0.320. The van der Waals surface area contributed by atoms with E-state index in [-0.39, 0.29) is 23.6 Å². The molecule has 200 valence electrons. The molecule has 0 aliphatic carbocycles. The minimum Gasteiger partial charge on any atom is -0.487 e. The zero-order chi connectivity index (χ0) is 26.9. The number of aliphatic imine (C=N–C) groups is 1. The van der Waals surface area contributed by atoms with E-state index in [1.54, 1.807) is 41.4 Å². The van der Waals surface area contributed by atoms with Gasteiger partial charge in [-0.3, -0.25) is 0 Å². The number of allylic oxidation sites excluding steroid dienone is 1. The Morgan fingerprint density at radius 3 is 2.42 bits per heavy atom. The van der Waals surface area contributed by atoms with Gasteiger partial charge in [-0.25, -0.2) is 18.2 Å². The van der Waals surface area contributed by atoms with E-state index in [9.17, 15) is 13.2 Å². The van der Waals surface area contributed by atoms with Crippen molar-refractivity contribution in [3.05, 3.63) is 54.4 Å². The lowest BCUT2D eigenvalue weighted by Crippen LogP contribution is -2.56. The van der Waals surface area contributed by atoms with E-state index in [0.717, 1.165) is 30.7 Å². The Kier molecular flexibility index (Phi) is 10.6. The summed E-state index contributed by atoms with van der Waals surface area (Å²) in [5.74, 6) is 1.48. The van der Waals surface area contributed by atoms with Crippen LogP contribution in [0.1, 0.15) is 59.4 Å². The molecule has 1 heterocycles. The van der Waals surface area contributed by atoms with Crippen molar-refractivity contribution in [1.29, 1.82) is 0 Å². The number of hydrogen-bond acceptors (Lipinski definition) is 6. The van der Waals surface area contributed by atoms with Gasteiger partial charge in [0, 0.05) is 38.4 Å². The van der Waals surface area contributed by atoms with Gasteiger partial charge < -0.3 is 19.3 Å². The average molecular weight is 520 g/mol. The molecule has 1 fully saturated rings. The fourth-order valence-electron chi connectivity index (χ4n) is 3.71. The summed E-state index contributed by atoms with van der Waals surface area (Å²) in [7, 11) is -3.23. The Morgan fingerprint density at radius 1 is 1.22 bits per heavy atom. The van der Waals surface area contributed by atoms with Crippen LogP contribution in [0.4, 0.5) is 4.79 Å². The van der Waals surface area contributed by atoms with Gasteiger partial charge in [0.2, 0.25) is 0 Å². The lowest BCUT2D eigenvalue weighted by atomic mass is 10.1. The molecule has 1 aliphatic rings. The van der Waals surface area contributed by atoms with Crippen molar-refractivity contribution in [2.45, 2.75) is 77.0 Å². The molecular weight excluding hydrogens is 478 g/mol. The summed E-state index contributed by atoms with van der Waals surface area (Å²) >= 11 is 0. The summed E-state index contributed by atoms with van der Waals surface area (Å²) in [5, 5.41) is 0. The molecule has 0 aromatic heterocycles. The maximum atomic E-state index is 12.6. The van der Waals surface area contributed by atoms with Gasteiger partial charge in [-0.05, 0) is 57.9 Å². The van der Waals surface area contributed by atoms with Crippen LogP contribution in [0.25, 0.3) is 0 Å². The number of carbonyl (C=O) groups excluding carboxylic acids is 1. The van der Waals surface area contributed by atoms with Crippen molar-refractivity contribution >= 4 is 21.8 Å². The second kappa shape index (κ2) is 12.9. The highest BCUT2D eigenvalue weighted by atomic mass is 32.2. The maximum Gasteiger partial charge on any atom is 0.410 e. The molecule has 0 N–H and O–H groups in total. The quantitative estimate of drug-likeness (QED) is 0.194. The van der Waals surface area contributed by atoms with Gasteiger partial charge >= 0.3 is 6.09 Å². The molecular formula is C27H41N3O5S. The number of amidine groups is 1. The van der Waals surface area contributed by atoms with Crippen LogP contribution >= 0.6 is 0 Å². The standard InChI is InChI=1S/C27H41N3O5S/c1-8-10-11-25(29-16-17-30(21(3)19-29)26(31)35-27(4,5)6)28-18-23(9-2)34-20-22-12-14-24(15-13-22)36(7,32)33/h9,12-15,18,21H,2,8,10-11,16-17,19-20H2,1,3-7H3/b23-18+,28-25?. The highest BCUT2D eigenvalue weighted by molar-refractivity contribution is 7.90. The molecule has 1 unspecified atom stereocenters. The third-order valence-electron chi connectivity index (χ3n) is 5.67. The number of unbranched alkanes of at least 4 members (excludes halogenated alkanes) is 1. The number of carbonyl (C=O) groups is 1. The van der Waals surface area contributed by atoms with Gasteiger partial charge in [0.05, 0.1) is 11.1 Å². The van der Waals surface area contributed by atoms with E-state index in [4.69, 9.17) is 14.5 Å². The fourth-order valence-corrected chi connectivity index (χ4v) is 4.34. The van der Waals surface area contributed by atoms with E-state index < -0.39 is 15.4 Å². The highest BCUT2D eigenvalue weighted by Crippen LogP contribution is 2.18. The Bertz CT molecular complexity index is 1060. The number of rotatable bonds is 9. The highest BCUT2D eigenvalue weighted by Gasteiger charge is 2.31. The Hall–Kier alpha value is -2.81. The first-order valence-corrected chi connectivity index (χ1v) is 14.3. The molecule has 9 heteroatoms. The van der Waals surface area contributed by atoms with Crippen LogP contribution in [0.15, 0.2) is 58.8 Å². The predicted molar refractivity (Wildman–Crippen MR) is 144 cm³/mol. The number of sulfone groups is 1. The largest absolute Gasteiger partial charge is 0.487 e. The van der Waals surface area contributed by atoms with Crippen LogP contribution in [0.3, 0.4) is 0 Å². The number of nitrogens with zero attached hydrogens (tertiary/aromatic N) is 3. The monoisotopic (exact) mass is 519 g/mol. The summed E-state index contributed by atoms with van der Waals surface area (Å²) in [6.45, 7) is 15.8. The lowest BCUT2D eigenvalue weighted by molar-refractivity contribution is 0.00756. The molecule has 36 heavy (non-hydrogen) atoms. The molecule has 8 nitrogen and oxygen atoms in total. The molecule has 1 aromatic rings. The molecule has 1 saturated heterocycles. The Balaban J connectivity index is 2.08. The van der Waals surface area contributed by atoms with Crippen LogP contribution in [-0.2, 0) is 25.9 Å². The lowest BCUT2D eigenvalue weighted by Gasteiger charge is -2.41. The predicted octanol–water partition coefficient (Wildman–Crippen LogP) is 5.16. The SMILES string of the molecule is C=C/C(=C\N=C(CCCC)N1CCN(C(=O)OC(C)(C)C)C(C)C1)OCc1ccc(S(C)(=O)=O)cc1. The molecule has 0 saturated carbocycles. The van der Waals surface area contributed by atoms with Crippen molar-refractivity contribution in [3.8, 4) is 0 Å². The van der Waals surface area contributed by atoms with Gasteiger partial charge in [-0.2, -0.15) is 0 Å². The number of hydrogen-bond donors (Lipinski definition) is 0. The minimum atomic E-state index is -3.23. The zero-order valence-corrected chi connectivity index (χ0v) is 23.3. The molecule has 2 rings (SSSR count). The van der Waals surface area contributed by atoms with Gasteiger partial charge in [0.25, 0.3) is 0 Å². The normalized spacial score (nSPS) is 17.7. The summed E-state index contributed by atoms with van der Waals surface area (Å²) in [6, 6.07) is 6.61. The summed E-state index contributed by atoms with van der Waals surface area (Å²) in [4.78, 5) is 21.6. The molecule has 0 radical (unpaired) electrons. The third kappa shape index (κ3) is 9.33. The molecule has 0 bridgehead atoms. The van der Waals surface area contributed by atoms with Crippen LogP contribution in [-0.4, -0.2) is 67.7 Å². The number of amides is 1. The molecule has 1 amide bonds. The van der Waals surface area contributed by atoms with Crippen molar-refractivity contribution in [2.24, 2.45) is 4.99 Å². The first-order valence-electron chi connectivity index (χ1n) is 12.4. The number of ether oxygens (including phenoxy) is 2. The van der Waals surface area contributed by atoms with Crippen molar-refractivity contribution in [1.82, 2.24) is 9.80 Å². The smallest absolute Gasteiger partial charge is 0.410 e. The number of piperazine rings is 1. The summed E-state index contributed by atoms with van der Waals surface area (Å²) in [6.07, 6.45) is 7.05. The van der Waals surface area contributed by atoms with Crippen molar-refractivity contribution in [2.75, 3.05) is 25.9 Å². The van der Waals surface area contributed by atoms with Gasteiger partial charge in [0.15, 0.2) is 9.84 Å². The second-order valence-electron chi connectivity index (χ2n) is 10.1. The van der Waals surface area contributed by atoms with E-state index in [0.29, 0.717) is 25.4 Å². The average Bonchev–Trinajstić information content (AvgIpc) is 2.79. The third-order valence-corrected chi connectivity index (χ3v) is 6.80. The molecule has 0 spiro atoms. The molecule has 1 aromatic carbocycles. The Morgan fingerprint density at radius 2 is 1.89 bits per heavy atom. The fraction of sp³-hybridized carbons (Fsp3) is 0.556. The van der Waals surface area contributed by atoms with Crippen LogP contribution in [0.5, 0.6) is 0 Å². The van der Waals surface area contributed by atoms with Crippen LogP contribution in [0, 0.1) is 0 Å². The van der Waals surface area contributed by atoms with Crippen LogP contribution in [0.2, 0.25) is 0 Å². The first-order chi connectivity index (χ1) is 16.8. The van der Waals surface area contributed by atoms with Gasteiger partial charge in [-0.15, -0.1) is 0 Å². The van der Waals surface area contributed by atoms with Crippen molar-refractivity contribution < 1.29 is 22.7 Å². The number of benzene rings is 1. The topological polar surface area (TPSA) is 88.5 Å². The second-order valence-corrected chi connectivity index (χ2v) is 12.1. The van der Waals surface area contributed by atoms with Crippen molar-refractivity contribution in [3.63, 3.8) is 0 Å². The van der Waals surface area contributed by atoms with E-state index in [1.807, 2.05) is 27.7 Å². The van der Waals surface area contributed by atoms with E-state index >= 15 is 0 Å². The van der Waals surface area contributed by atoms with Crippen LogP contribution < -0.4 is 0 Å². The zero-order valence-electron chi connectivity index (χ0n) is 22.5. The van der Waals surface area contributed by atoms with E-state index in [2.05, 4.69) is 18.4 Å². The van der Waals surface area contributed by atoms with Gasteiger partial charge in [0.1, 0.15) is 23.8 Å². The van der Waals surface area contributed by atoms with Gasteiger partial charge in [-0.1, -0.05) is 32.1 Å². The molecule has 1 atom stereocenters. The summed E-state index contributed by atoms with van der Waals surface area (Å²) < 4.78 is 34.7. The molecule has 1 aliphatic heterocycles.